The van der Waals surface area contributed by atoms with E-state index in [1.165, 1.54) is 5.52 Å². The molecule has 1 aliphatic rings. The van der Waals surface area contributed by atoms with E-state index in [0.29, 0.717) is 6.10 Å². The zero-order valence-electron chi connectivity index (χ0n) is 12.1. The molecule has 0 aliphatic carbocycles. The molecule has 1 aromatic heterocycles. The molecule has 1 fully saturated rings. The molecule has 0 spiro atoms. The molecule has 0 saturated carbocycles. The molecule has 4 heteroatoms. The predicted octanol–water partition coefficient (Wildman–Crippen LogP) is 2.33. The Morgan fingerprint density at radius 3 is 3.05 bits per heavy atom. The van der Waals surface area contributed by atoms with E-state index in [-0.39, 0.29) is 0 Å². The molecule has 20 heavy (non-hydrogen) atoms. The van der Waals surface area contributed by atoms with Crippen molar-refractivity contribution < 1.29 is 4.74 Å². The second kappa shape index (κ2) is 5.85. The molecule has 0 amide bonds. The molecule has 2 aromatic rings. The minimum Gasteiger partial charge on any atom is -0.398 e. The van der Waals surface area contributed by atoms with Crippen LogP contribution >= 0.6 is 0 Å². The first-order chi connectivity index (χ1) is 9.78. The van der Waals surface area contributed by atoms with E-state index in [1.807, 2.05) is 12.1 Å². The van der Waals surface area contributed by atoms with Gasteiger partial charge in [0.05, 0.1) is 18.2 Å². The Balaban J connectivity index is 1.66. The van der Waals surface area contributed by atoms with Crippen molar-refractivity contribution >= 4 is 16.6 Å². The largest absolute Gasteiger partial charge is 0.398 e. The second-order valence-corrected chi connectivity index (χ2v) is 5.49. The molecule has 1 saturated heterocycles. The predicted molar refractivity (Wildman–Crippen MR) is 82.8 cm³/mol. The first-order valence-electron chi connectivity index (χ1n) is 7.45. The highest BCUT2D eigenvalue weighted by Crippen LogP contribution is 2.22. The summed E-state index contributed by atoms with van der Waals surface area (Å²) in [5.41, 5.74) is 8.09. The van der Waals surface area contributed by atoms with Gasteiger partial charge >= 0.3 is 0 Å². The molecule has 2 N–H and O–H groups in total. The topological polar surface area (TPSA) is 43.4 Å². The van der Waals surface area contributed by atoms with Crippen molar-refractivity contribution in [2.75, 3.05) is 32.0 Å². The Morgan fingerprint density at radius 1 is 1.30 bits per heavy atom. The van der Waals surface area contributed by atoms with Gasteiger partial charge in [0.15, 0.2) is 0 Å². The van der Waals surface area contributed by atoms with Crippen molar-refractivity contribution in [3.63, 3.8) is 0 Å². The summed E-state index contributed by atoms with van der Waals surface area (Å²) in [4.78, 5) is 2.50. The van der Waals surface area contributed by atoms with E-state index in [9.17, 15) is 0 Å². The maximum absolute atomic E-state index is 6.00. The molecule has 1 aliphatic heterocycles. The standard InChI is InChI=1S/C16H23N3O/c1-2-13-12-18(10-11-20-13)8-9-19-7-6-14-15(17)4-3-5-16(14)19/h3-7,13H,2,8-12,17H2,1H3. The number of nitrogens with zero attached hydrogens (tertiary/aromatic N) is 2. The number of aromatic nitrogens is 1. The van der Waals surface area contributed by atoms with Crippen LogP contribution in [0.3, 0.4) is 0 Å². The zero-order valence-corrected chi connectivity index (χ0v) is 12.1. The average Bonchev–Trinajstić information content (AvgIpc) is 2.90. The Labute approximate surface area is 120 Å². The van der Waals surface area contributed by atoms with Crippen LogP contribution < -0.4 is 5.73 Å². The Morgan fingerprint density at radius 2 is 2.20 bits per heavy atom. The van der Waals surface area contributed by atoms with E-state index < -0.39 is 0 Å². The lowest BCUT2D eigenvalue weighted by molar-refractivity contribution is -0.0303. The highest BCUT2D eigenvalue weighted by atomic mass is 16.5. The molecule has 1 unspecified atom stereocenters. The Bertz CT molecular complexity index is 578. The van der Waals surface area contributed by atoms with Crippen LogP contribution in [0.4, 0.5) is 5.69 Å². The summed E-state index contributed by atoms with van der Waals surface area (Å²) < 4.78 is 8.01. The fraction of sp³-hybridized carbons (Fsp3) is 0.500. The maximum atomic E-state index is 6.00. The summed E-state index contributed by atoms with van der Waals surface area (Å²) in [6.07, 6.45) is 3.64. The number of nitrogens with two attached hydrogens (primary N) is 1. The number of hydrogen-bond donors (Lipinski definition) is 1. The van der Waals surface area contributed by atoms with E-state index in [4.69, 9.17) is 10.5 Å². The SMILES string of the molecule is CCC1CN(CCn2ccc3c(N)cccc32)CCO1. The van der Waals surface area contributed by atoms with Crippen LogP contribution in [0.2, 0.25) is 0 Å². The van der Waals surface area contributed by atoms with Crippen LogP contribution in [0, 0.1) is 0 Å². The van der Waals surface area contributed by atoms with Gasteiger partial charge in [0.25, 0.3) is 0 Å². The average molecular weight is 273 g/mol. The summed E-state index contributed by atoms with van der Waals surface area (Å²) in [6.45, 7) is 7.21. The summed E-state index contributed by atoms with van der Waals surface area (Å²) in [7, 11) is 0. The number of benzene rings is 1. The highest BCUT2D eigenvalue weighted by molar-refractivity contribution is 5.91. The maximum Gasteiger partial charge on any atom is 0.0700 e. The first-order valence-corrected chi connectivity index (χ1v) is 7.45. The fourth-order valence-corrected chi connectivity index (χ4v) is 2.92. The number of morpholine rings is 1. The quantitative estimate of drug-likeness (QED) is 0.870. The van der Waals surface area contributed by atoms with Gasteiger partial charge in [-0.05, 0) is 24.6 Å². The highest BCUT2D eigenvalue weighted by Gasteiger charge is 2.18. The van der Waals surface area contributed by atoms with E-state index in [1.54, 1.807) is 0 Å². The van der Waals surface area contributed by atoms with Gasteiger partial charge in [0.1, 0.15) is 0 Å². The fourth-order valence-electron chi connectivity index (χ4n) is 2.92. The van der Waals surface area contributed by atoms with Crippen LogP contribution in [0.25, 0.3) is 10.9 Å². The van der Waals surface area contributed by atoms with Crippen LogP contribution in [-0.4, -0.2) is 41.8 Å². The molecule has 1 aromatic carbocycles. The summed E-state index contributed by atoms with van der Waals surface area (Å²) in [5.74, 6) is 0. The third-order valence-electron chi connectivity index (χ3n) is 4.18. The van der Waals surface area contributed by atoms with Crippen molar-refractivity contribution in [1.82, 2.24) is 9.47 Å². The second-order valence-electron chi connectivity index (χ2n) is 5.49. The molecular formula is C16H23N3O. The zero-order chi connectivity index (χ0) is 13.9. The minimum atomic E-state index is 0.404. The molecule has 0 radical (unpaired) electrons. The Kier molecular flexibility index (Phi) is 3.94. The summed E-state index contributed by atoms with van der Waals surface area (Å²) in [5, 5.41) is 1.15. The number of fused-ring (bicyclic) bond motifs is 1. The molecule has 4 nitrogen and oxygen atoms in total. The van der Waals surface area contributed by atoms with Crippen LogP contribution in [0.1, 0.15) is 13.3 Å². The Hall–Kier alpha value is -1.52. The summed E-state index contributed by atoms with van der Waals surface area (Å²) >= 11 is 0. The number of anilines is 1. The van der Waals surface area contributed by atoms with E-state index in [2.05, 4.69) is 34.7 Å². The lowest BCUT2D eigenvalue weighted by atomic mass is 10.2. The van der Waals surface area contributed by atoms with Gasteiger partial charge < -0.3 is 15.0 Å². The molecule has 1 atom stereocenters. The number of ether oxygens (including phenoxy) is 1. The third-order valence-corrected chi connectivity index (χ3v) is 4.18. The van der Waals surface area contributed by atoms with Crippen LogP contribution in [-0.2, 0) is 11.3 Å². The van der Waals surface area contributed by atoms with Gasteiger partial charge in [0, 0.05) is 43.4 Å². The molecular weight excluding hydrogens is 250 g/mol. The van der Waals surface area contributed by atoms with Gasteiger partial charge in [-0.1, -0.05) is 13.0 Å². The number of hydrogen-bond acceptors (Lipinski definition) is 3. The number of nitrogen functional groups attached to an aromatic ring is 1. The van der Waals surface area contributed by atoms with Crippen molar-refractivity contribution in [2.45, 2.75) is 26.0 Å². The van der Waals surface area contributed by atoms with E-state index in [0.717, 1.165) is 50.3 Å². The number of rotatable bonds is 4. The molecule has 2 heterocycles. The van der Waals surface area contributed by atoms with Crippen LogP contribution in [0.15, 0.2) is 30.5 Å². The van der Waals surface area contributed by atoms with Crippen LogP contribution in [0.5, 0.6) is 0 Å². The smallest absolute Gasteiger partial charge is 0.0700 e. The van der Waals surface area contributed by atoms with Gasteiger partial charge in [-0.3, -0.25) is 4.90 Å². The first kappa shape index (κ1) is 13.5. The van der Waals surface area contributed by atoms with Gasteiger partial charge in [0.2, 0.25) is 0 Å². The lowest BCUT2D eigenvalue weighted by Gasteiger charge is -2.32. The lowest BCUT2D eigenvalue weighted by Crippen LogP contribution is -2.43. The van der Waals surface area contributed by atoms with Gasteiger partial charge in [-0.25, -0.2) is 0 Å². The summed E-state index contributed by atoms with van der Waals surface area (Å²) in [6, 6.07) is 8.23. The van der Waals surface area contributed by atoms with Crippen molar-refractivity contribution in [3.8, 4) is 0 Å². The molecule has 3 rings (SSSR count). The monoisotopic (exact) mass is 273 g/mol. The normalized spacial score (nSPS) is 20.6. The third kappa shape index (κ3) is 2.67. The van der Waals surface area contributed by atoms with Crippen molar-refractivity contribution in [1.29, 1.82) is 0 Å². The van der Waals surface area contributed by atoms with Gasteiger partial charge in [-0.15, -0.1) is 0 Å². The molecule has 108 valence electrons. The van der Waals surface area contributed by atoms with Crippen molar-refractivity contribution in [3.05, 3.63) is 30.5 Å². The van der Waals surface area contributed by atoms with Crippen molar-refractivity contribution in [2.24, 2.45) is 0 Å². The van der Waals surface area contributed by atoms with Gasteiger partial charge in [-0.2, -0.15) is 0 Å². The minimum absolute atomic E-state index is 0.404. The van der Waals surface area contributed by atoms with E-state index >= 15 is 0 Å². The molecule has 0 bridgehead atoms.